The fraction of sp³-hybridized carbons (Fsp3) is 0.417. The van der Waals surface area contributed by atoms with Crippen LogP contribution in [0.5, 0.6) is 0 Å². The summed E-state index contributed by atoms with van der Waals surface area (Å²) in [6, 6.07) is 10.4. The predicted molar refractivity (Wildman–Crippen MR) is 59.4 cm³/mol. The van der Waals surface area contributed by atoms with E-state index in [1.54, 1.807) is 24.3 Å². The lowest BCUT2D eigenvalue weighted by Gasteiger charge is -2.20. The van der Waals surface area contributed by atoms with Gasteiger partial charge in [-0.3, -0.25) is 0 Å². The van der Waals surface area contributed by atoms with Gasteiger partial charge in [0.05, 0.1) is 19.0 Å². The first-order valence-electron chi connectivity index (χ1n) is 5.23. The molecule has 17 heavy (non-hydrogen) atoms. The second-order valence-corrected chi connectivity index (χ2v) is 3.72. The average molecular weight is 240 g/mol. The van der Waals surface area contributed by atoms with Crippen LogP contribution in [0.3, 0.4) is 0 Å². The molecular weight excluding hydrogens is 226 g/mol. The van der Waals surface area contributed by atoms with E-state index in [1.807, 2.05) is 12.1 Å². The Morgan fingerprint density at radius 1 is 1.35 bits per heavy atom. The van der Waals surface area contributed by atoms with Crippen LogP contribution in [0.15, 0.2) is 30.3 Å². The van der Waals surface area contributed by atoms with E-state index in [-0.39, 0.29) is 6.42 Å². The third-order valence-electron chi connectivity index (χ3n) is 2.34. The fourth-order valence-corrected chi connectivity index (χ4v) is 1.41. The molecule has 0 aromatic heterocycles. The molecule has 92 valence electrons. The number of hydrogen-bond donors (Lipinski definition) is 2. The van der Waals surface area contributed by atoms with E-state index < -0.39 is 25.1 Å². The molecule has 0 aliphatic rings. The Kier molecular flexibility index (Phi) is 5.01. The molecule has 0 aliphatic heterocycles. The number of nitriles is 1. The van der Waals surface area contributed by atoms with E-state index in [4.69, 9.17) is 10.4 Å². The molecule has 1 unspecified atom stereocenters. The van der Waals surface area contributed by atoms with Gasteiger partial charge in [-0.25, -0.2) is 8.78 Å². The SMILES string of the molecule is N#CCC(NCC(F)(F)CO)c1ccccc1. The van der Waals surface area contributed by atoms with Gasteiger partial charge in [0.25, 0.3) is 5.92 Å². The van der Waals surface area contributed by atoms with Crippen molar-refractivity contribution in [3.05, 3.63) is 35.9 Å². The monoisotopic (exact) mass is 240 g/mol. The zero-order chi connectivity index (χ0) is 12.7. The van der Waals surface area contributed by atoms with Gasteiger partial charge >= 0.3 is 0 Å². The van der Waals surface area contributed by atoms with Crippen molar-refractivity contribution in [2.45, 2.75) is 18.4 Å². The van der Waals surface area contributed by atoms with Gasteiger partial charge in [-0.05, 0) is 5.56 Å². The van der Waals surface area contributed by atoms with E-state index in [0.717, 1.165) is 5.56 Å². The molecule has 1 atom stereocenters. The minimum atomic E-state index is -3.16. The molecular formula is C12H14F2N2O. The van der Waals surface area contributed by atoms with Crippen molar-refractivity contribution >= 4 is 0 Å². The number of nitrogens with one attached hydrogen (secondary N) is 1. The van der Waals surface area contributed by atoms with Crippen LogP contribution in [-0.4, -0.2) is 24.2 Å². The Bertz CT molecular complexity index is 376. The van der Waals surface area contributed by atoms with Crippen LogP contribution in [0.25, 0.3) is 0 Å². The van der Waals surface area contributed by atoms with Gasteiger partial charge in [0.2, 0.25) is 0 Å². The lowest BCUT2D eigenvalue weighted by atomic mass is 10.0. The first kappa shape index (κ1) is 13.6. The molecule has 1 rings (SSSR count). The summed E-state index contributed by atoms with van der Waals surface area (Å²) in [5.41, 5.74) is 0.780. The van der Waals surface area contributed by atoms with Crippen molar-refractivity contribution in [3.8, 4) is 6.07 Å². The first-order chi connectivity index (χ1) is 8.09. The Morgan fingerprint density at radius 3 is 2.53 bits per heavy atom. The van der Waals surface area contributed by atoms with Gasteiger partial charge in [0, 0.05) is 6.04 Å². The molecule has 0 amide bonds. The van der Waals surface area contributed by atoms with Crippen LogP contribution in [0.1, 0.15) is 18.0 Å². The normalized spacial score (nSPS) is 13.1. The molecule has 0 heterocycles. The first-order valence-corrected chi connectivity index (χ1v) is 5.23. The van der Waals surface area contributed by atoms with E-state index in [0.29, 0.717) is 0 Å². The zero-order valence-electron chi connectivity index (χ0n) is 9.24. The maximum absolute atomic E-state index is 12.9. The Labute approximate surface area is 98.7 Å². The smallest absolute Gasteiger partial charge is 0.282 e. The van der Waals surface area contributed by atoms with Gasteiger partial charge in [-0.1, -0.05) is 30.3 Å². The summed E-state index contributed by atoms with van der Waals surface area (Å²) < 4.78 is 25.7. The average Bonchev–Trinajstić information content (AvgIpc) is 2.35. The summed E-state index contributed by atoms with van der Waals surface area (Å²) >= 11 is 0. The van der Waals surface area contributed by atoms with E-state index in [1.165, 1.54) is 0 Å². The number of halogens is 2. The Balaban J connectivity index is 2.66. The number of alkyl halides is 2. The minimum absolute atomic E-state index is 0.103. The summed E-state index contributed by atoms with van der Waals surface area (Å²) in [4.78, 5) is 0. The third kappa shape index (κ3) is 4.47. The van der Waals surface area contributed by atoms with E-state index in [2.05, 4.69) is 5.32 Å². The molecule has 1 aromatic rings. The molecule has 0 spiro atoms. The topological polar surface area (TPSA) is 56.0 Å². The molecule has 5 heteroatoms. The molecule has 2 N–H and O–H groups in total. The van der Waals surface area contributed by atoms with Crippen LogP contribution in [-0.2, 0) is 0 Å². The fourth-order valence-electron chi connectivity index (χ4n) is 1.41. The van der Waals surface area contributed by atoms with Crippen molar-refractivity contribution in [3.63, 3.8) is 0 Å². The Morgan fingerprint density at radius 2 is 2.00 bits per heavy atom. The predicted octanol–water partition coefficient (Wildman–Crippen LogP) is 1.86. The van der Waals surface area contributed by atoms with Crippen molar-refractivity contribution in [1.29, 1.82) is 5.26 Å². The van der Waals surface area contributed by atoms with Crippen molar-refractivity contribution in [2.75, 3.05) is 13.2 Å². The highest BCUT2D eigenvalue weighted by atomic mass is 19.3. The highest BCUT2D eigenvalue weighted by Crippen LogP contribution is 2.18. The second kappa shape index (κ2) is 6.28. The third-order valence-corrected chi connectivity index (χ3v) is 2.34. The van der Waals surface area contributed by atoms with Gasteiger partial charge in [-0.15, -0.1) is 0 Å². The zero-order valence-corrected chi connectivity index (χ0v) is 9.24. The number of aliphatic hydroxyl groups excluding tert-OH is 1. The van der Waals surface area contributed by atoms with E-state index in [9.17, 15) is 8.78 Å². The minimum Gasteiger partial charge on any atom is -0.390 e. The number of rotatable bonds is 6. The number of nitrogens with zero attached hydrogens (tertiary/aromatic N) is 1. The van der Waals surface area contributed by atoms with Gasteiger partial charge < -0.3 is 10.4 Å². The second-order valence-electron chi connectivity index (χ2n) is 3.72. The number of hydrogen-bond acceptors (Lipinski definition) is 3. The number of benzene rings is 1. The standard InChI is InChI=1S/C12H14F2N2O/c13-12(14,9-17)8-16-11(6-7-15)10-4-2-1-3-5-10/h1-5,11,16-17H,6,8-9H2. The molecule has 0 bridgehead atoms. The molecule has 0 radical (unpaired) electrons. The maximum Gasteiger partial charge on any atom is 0.282 e. The van der Waals surface area contributed by atoms with Crippen LogP contribution in [0.4, 0.5) is 8.78 Å². The van der Waals surface area contributed by atoms with Crippen LogP contribution < -0.4 is 5.32 Å². The van der Waals surface area contributed by atoms with E-state index >= 15 is 0 Å². The molecule has 0 fully saturated rings. The van der Waals surface area contributed by atoms with Crippen molar-refractivity contribution < 1.29 is 13.9 Å². The quantitative estimate of drug-likeness (QED) is 0.798. The molecule has 3 nitrogen and oxygen atoms in total. The lowest BCUT2D eigenvalue weighted by Crippen LogP contribution is -2.37. The molecule has 1 aromatic carbocycles. The summed E-state index contributed by atoms with van der Waals surface area (Å²) in [6.45, 7) is -1.85. The van der Waals surface area contributed by atoms with Gasteiger partial charge in [0.1, 0.15) is 6.61 Å². The van der Waals surface area contributed by atoms with Crippen LogP contribution in [0, 0.1) is 11.3 Å². The highest BCUT2D eigenvalue weighted by Gasteiger charge is 2.28. The largest absolute Gasteiger partial charge is 0.390 e. The van der Waals surface area contributed by atoms with Gasteiger partial charge in [-0.2, -0.15) is 5.26 Å². The summed E-state index contributed by atoms with van der Waals surface area (Å²) in [7, 11) is 0. The Hall–Kier alpha value is -1.51. The highest BCUT2D eigenvalue weighted by molar-refractivity contribution is 5.19. The van der Waals surface area contributed by atoms with Crippen LogP contribution >= 0.6 is 0 Å². The molecule has 0 saturated heterocycles. The summed E-state index contributed by atoms with van der Waals surface area (Å²) in [5.74, 6) is -3.16. The van der Waals surface area contributed by atoms with Gasteiger partial charge in [0.15, 0.2) is 0 Å². The molecule has 0 aliphatic carbocycles. The van der Waals surface area contributed by atoms with Crippen molar-refractivity contribution in [2.24, 2.45) is 0 Å². The molecule has 0 saturated carbocycles. The van der Waals surface area contributed by atoms with Crippen molar-refractivity contribution in [1.82, 2.24) is 5.32 Å². The summed E-state index contributed by atoms with van der Waals surface area (Å²) in [6.07, 6.45) is 0.103. The lowest BCUT2D eigenvalue weighted by molar-refractivity contribution is -0.0493. The van der Waals surface area contributed by atoms with Crippen LogP contribution in [0.2, 0.25) is 0 Å². The number of aliphatic hydroxyl groups is 1. The summed E-state index contributed by atoms with van der Waals surface area (Å²) in [5, 5.41) is 19.7. The maximum atomic E-state index is 12.9.